The average Bonchev–Trinajstić information content (AvgIpc) is 2.67. The first kappa shape index (κ1) is 11.2. The van der Waals surface area contributed by atoms with Gasteiger partial charge in [-0.25, -0.2) is 0 Å². The summed E-state index contributed by atoms with van der Waals surface area (Å²) in [6, 6.07) is 7.85. The summed E-state index contributed by atoms with van der Waals surface area (Å²) in [5, 5.41) is 4.05. The van der Waals surface area contributed by atoms with Crippen molar-refractivity contribution in [2.24, 2.45) is 0 Å². The first-order chi connectivity index (χ1) is 7.74. The van der Waals surface area contributed by atoms with Gasteiger partial charge in [-0.2, -0.15) is 0 Å². The monoisotopic (exact) mass is 235 g/mol. The van der Waals surface area contributed by atoms with Gasteiger partial charge >= 0.3 is 0 Å². The molecule has 0 radical (unpaired) electrons. The van der Waals surface area contributed by atoms with Gasteiger partial charge in [-0.15, -0.1) is 0 Å². The van der Waals surface area contributed by atoms with E-state index in [0.717, 1.165) is 30.1 Å². The minimum atomic E-state index is 0.231. The van der Waals surface area contributed by atoms with E-state index >= 15 is 0 Å². The van der Waals surface area contributed by atoms with E-state index in [9.17, 15) is 4.79 Å². The van der Waals surface area contributed by atoms with Crippen LogP contribution in [0.5, 0.6) is 0 Å². The van der Waals surface area contributed by atoms with Crippen molar-refractivity contribution in [2.45, 2.75) is 19.3 Å². The first-order valence-corrected chi connectivity index (χ1v) is 5.83. The summed E-state index contributed by atoms with van der Waals surface area (Å²) < 4.78 is 0. The molecule has 16 heavy (non-hydrogen) atoms. The molecule has 2 rings (SSSR count). The standard InChI is InChI=1S/C13H14ClNO/c14-11-3-1-10(2-4-11)7-8-15-12-5-6-13(16)9-12/h1-4,9,15H,5-8H2. The van der Waals surface area contributed by atoms with Crippen LogP contribution in [0.1, 0.15) is 18.4 Å². The van der Waals surface area contributed by atoms with Crippen LogP contribution in [0.4, 0.5) is 0 Å². The van der Waals surface area contributed by atoms with Crippen molar-refractivity contribution in [3.8, 4) is 0 Å². The predicted octanol–water partition coefficient (Wildman–Crippen LogP) is 2.72. The Morgan fingerprint density at radius 3 is 2.56 bits per heavy atom. The van der Waals surface area contributed by atoms with E-state index < -0.39 is 0 Å². The van der Waals surface area contributed by atoms with Gasteiger partial charge in [0.2, 0.25) is 0 Å². The summed E-state index contributed by atoms with van der Waals surface area (Å²) in [4.78, 5) is 11.0. The van der Waals surface area contributed by atoms with Gasteiger partial charge in [0.25, 0.3) is 0 Å². The molecule has 1 N–H and O–H groups in total. The molecule has 2 nitrogen and oxygen atoms in total. The van der Waals surface area contributed by atoms with Crippen LogP contribution >= 0.6 is 11.6 Å². The molecule has 1 aromatic carbocycles. The summed E-state index contributed by atoms with van der Waals surface area (Å²) in [6.07, 6.45) is 4.17. The second-order valence-electron chi connectivity index (χ2n) is 3.94. The third kappa shape index (κ3) is 3.11. The number of hydrogen-bond acceptors (Lipinski definition) is 2. The molecule has 3 heteroatoms. The lowest BCUT2D eigenvalue weighted by Crippen LogP contribution is -2.15. The van der Waals surface area contributed by atoms with E-state index in [0.29, 0.717) is 6.42 Å². The highest BCUT2D eigenvalue weighted by molar-refractivity contribution is 6.30. The molecule has 0 aromatic heterocycles. The number of hydrogen-bond donors (Lipinski definition) is 1. The van der Waals surface area contributed by atoms with E-state index in [-0.39, 0.29) is 5.78 Å². The Kier molecular flexibility index (Phi) is 3.62. The van der Waals surface area contributed by atoms with E-state index in [1.54, 1.807) is 6.08 Å². The van der Waals surface area contributed by atoms with Crippen LogP contribution in [0.3, 0.4) is 0 Å². The van der Waals surface area contributed by atoms with Gasteiger partial charge < -0.3 is 5.32 Å². The van der Waals surface area contributed by atoms with Gasteiger partial charge in [0, 0.05) is 29.8 Å². The normalized spacial score (nSPS) is 15.1. The molecule has 0 unspecified atom stereocenters. The number of allylic oxidation sites excluding steroid dienone is 2. The molecule has 0 atom stereocenters. The van der Waals surface area contributed by atoms with Crippen molar-refractivity contribution >= 4 is 17.4 Å². The Morgan fingerprint density at radius 1 is 1.19 bits per heavy atom. The number of ketones is 1. The van der Waals surface area contributed by atoms with Crippen LogP contribution in [0.2, 0.25) is 5.02 Å². The van der Waals surface area contributed by atoms with Crippen molar-refractivity contribution in [2.75, 3.05) is 6.54 Å². The molecule has 84 valence electrons. The average molecular weight is 236 g/mol. The largest absolute Gasteiger partial charge is 0.388 e. The fourth-order valence-electron chi connectivity index (χ4n) is 1.75. The van der Waals surface area contributed by atoms with Crippen LogP contribution in [0.15, 0.2) is 36.0 Å². The maximum absolute atomic E-state index is 11.0. The first-order valence-electron chi connectivity index (χ1n) is 5.46. The van der Waals surface area contributed by atoms with Gasteiger partial charge in [0.1, 0.15) is 0 Å². The van der Waals surface area contributed by atoms with Crippen LogP contribution in [-0.4, -0.2) is 12.3 Å². The van der Waals surface area contributed by atoms with E-state index in [2.05, 4.69) is 5.32 Å². The van der Waals surface area contributed by atoms with Crippen LogP contribution in [0, 0.1) is 0 Å². The highest BCUT2D eigenvalue weighted by Crippen LogP contribution is 2.12. The highest BCUT2D eigenvalue weighted by Gasteiger charge is 2.10. The predicted molar refractivity (Wildman–Crippen MR) is 65.5 cm³/mol. The molecule has 0 saturated carbocycles. The molecule has 1 aliphatic rings. The highest BCUT2D eigenvalue weighted by atomic mass is 35.5. The number of benzene rings is 1. The Bertz CT molecular complexity index is 408. The van der Waals surface area contributed by atoms with Crippen molar-refractivity contribution < 1.29 is 4.79 Å². The summed E-state index contributed by atoms with van der Waals surface area (Å²) in [6.45, 7) is 0.862. The summed E-state index contributed by atoms with van der Waals surface area (Å²) in [7, 11) is 0. The fourth-order valence-corrected chi connectivity index (χ4v) is 1.88. The lowest BCUT2D eigenvalue weighted by molar-refractivity contribution is -0.114. The fraction of sp³-hybridized carbons (Fsp3) is 0.308. The third-order valence-electron chi connectivity index (χ3n) is 2.65. The maximum atomic E-state index is 11.0. The zero-order valence-electron chi connectivity index (χ0n) is 9.00. The molecular weight excluding hydrogens is 222 g/mol. The van der Waals surface area contributed by atoms with Gasteiger partial charge in [-0.1, -0.05) is 23.7 Å². The number of rotatable bonds is 4. The van der Waals surface area contributed by atoms with Gasteiger partial charge in [0.05, 0.1) is 0 Å². The van der Waals surface area contributed by atoms with Gasteiger partial charge in [-0.05, 0) is 30.5 Å². The lowest BCUT2D eigenvalue weighted by Gasteiger charge is -2.06. The molecule has 0 spiro atoms. The second kappa shape index (κ2) is 5.17. The quantitative estimate of drug-likeness (QED) is 0.870. The molecule has 1 aliphatic carbocycles. The van der Waals surface area contributed by atoms with E-state index in [4.69, 9.17) is 11.6 Å². The van der Waals surface area contributed by atoms with Crippen molar-refractivity contribution in [1.29, 1.82) is 0 Å². The molecule has 0 aliphatic heterocycles. The van der Waals surface area contributed by atoms with Crippen molar-refractivity contribution in [3.63, 3.8) is 0 Å². The minimum absolute atomic E-state index is 0.231. The van der Waals surface area contributed by atoms with Crippen LogP contribution in [0.25, 0.3) is 0 Å². The maximum Gasteiger partial charge on any atom is 0.157 e. The molecular formula is C13H14ClNO. The van der Waals surface area contributed by atoms with Crippen molar-refractivity contribution in [3.05, 3.63) is 46.6 Å². The molecule has 0 amide bonds. The Balaban J connectivity index is 1.78. The summed E-state index contributed by atoms with van der Waals surface area (Å²) in [5.41, 5.74) is 2.32. The molecule has 1 aromatic rings. The molecule has 0 heterocycles. The SMILES string of the molecule is O=C1C=C(NCCc2ccc(Cl)cc2)CC1. The number of halogens is 1. The summed E-state index contributed by atoms with van der Waals surface area (Å²) in [5.74, 6) is 0.231. The number of carbonyl (C=O) groups excluding carboxylic acids is 1. The Hall–Kier alpha value is -1.28. The van der Waals surface area contributed by atoms with Gasteiger partial charge in [0.15, 0.2) is 5.78 Å². The molecule has 0 bridgehead atoms. The zero-order valence-corrected chi connectivity index (χ0v) is 9.76. The Labute approximate surface area is 100 Å². The molecule has 0 saturated heterocycles. The topological polar surface area (TPSA) is 29.1 Å². The van der Waals surface area contributed by atoms with Crippen LogP contribution in [-0.2, 0) is 11.2 Å². The Morgan fingerprint density at radius 2 is 1.94 bits per heavy atom. The summed E-state index contributed by atoms with van der Waals surface area (Å²) >= 11 is 5.80. The van der Waals surface area contributed by atoms with E-state index in [1.807, 2.05) is 24.3 Å². The van der Waals surface area contributed by atoms with E-state index in [1.165, 1.54) is 5.56 Å². The zero-order chi connectivity index (χ0) is 11.4. The second-order valence-corrected chi connectivity index (χ2v) is 4.38. The lowest BCUT2D eigenvalue weighted by atomic mass is 10.1. The van der Waals surface area contributed by atoms with Gasteiger partial charge in [-0.3, -0.25) is 4.79 Å². The third-order valence-corrected chi connectivity index (χ3v) is 2.91. The van der Waals surface area contributed by atoms with Crippen LogP contribution < -0.4 is 5.32 Å². The minimum Gasteiger partial charge on any atom is -0.388 e. The number of carbonyl (C=O) groups is 1. The smallest absolute Gasteiger partial charge is 0.157 e. The molecule has 0 fully saturated rings. The number of nitrogens with one attached hydrogen (secondary N) is 1. The van der Waals surface area contributed by atoms with Crippen molar-refractivity contribution in [1.82, 2.24) is 5.32 Å².